The predicted octanol–water partition coefficient (Wildman–Crippen LogP) is 2.87. The van der Waals surface area contributed by atoms with Gasteiger partial charge in [0.15, 0.2) is 11.0 Å². The highest BCUT2D eigenvalue weighted by Gasteiger charge is 2.55. The second-order valence-electron chi connectivity index (χ2n) is 5.44. The van der Waals surface area contributed by atoms with E-state index in [0.29, 0.717) is 28.9 Å². The molecule has 2 aromatic rings. The average molecular weight is 340 g/mol. The van der Waals surface area contributed by atoms with Crippen LogP contribution in [0.5, 0.6) is 5.75 Å². The fourth-order valence-electron chi connectivity index (χ4n) is 2.41. The molecule has 1 aliphatic rings. The number of alkyl halides is 2. The first-order chi connectivity index (χ1) is 11.0. The maximum Gasteiger partial charge on any atom is 0.251 e. The predicted molar refractivity (Wildman–Crippen MR) is 84.2 cm³/mol. The molecule has 1 aliphatic carbocycles. The number of thioether (sulfide) groups is 1. The topological polar surface area (TPSA) is 66.0 Å². The fraction of sp³-hybridized carbons (Fsp3) is 0.467. The van der Waals surface area contributed by atoms with E-state index >= 15 is 0 Å². The van der Waals surface area contributed by atoms with Gasteiger partial charge in [-0.15, -0.1) is 10.2 Å². The van der Waals surface area contributed by atoms with Crippen molar-refractivity contribution in [1.29, 1.82) is 0 Å². The molecule has 124 valence electrons. The number of hydrogen-bond acceptors (Lipinski definition) is 5. The lowest BCUT2D eigenvalue weighted by Crippen LogP contribution is -2.08. The van der Waals surface area contributed by atoms with E-state index in [1.807, 2.05) is 28.8 Å². The van der Waals surface area contributed by atoms with Crippen molar-refractivity contribution in [2.45, 2.75) is 30.5 Å². The van der Waals surface area contributed by atoms with E-state index in [0.717, 1.165) is 5.69 Å². The Kier molecular flexibility index (Phi) is 4.54. The number of benzene rings is 1. The summed E-state index contributed by atoms with van der Waals surface area (Å²) in [6, 6.07) is 7.48. The first-order valence-corrected chi connectivity index (χ1v) is 8.33. The van der Waals surface area contributed by atoms with Crippen molar-refractivity contribution < 1.29 is 13.5 Å². The highest BCUT2D eigenvalue weighted by molar-refractivity contribution is 7.99. The molecule has 0 radical (unpaired) electrons. The molecular formula is C15H18F2N4OS. The zero-order valence-corrected chi connectivity index (χ0v) is 13.5. The maximum absolute atomic E-state index is 12.9. The van der Waals surface area contributed by atoms with Crippen molar-refractivity contribution in [2.75, 3.05) is 12.9 Å². The summed E-state index contributed by atoms with van der Waals surface area (Å²) in [4.78, 5) is 0. The molecular weight excluding hydrogens is 322 g/mol. The molecule has 1 heterocycles. The first kappa shape index (κ1) is 16.2. The van der Waals surface area contributed by atoms with Crippen LogP contribution in [0.1, 0.15) is 18.7 Å². The minimum Gasteiger partial charge on any atom is -0.497 e. The average Bonchev–Trinajstić information content (AvgIpc) is 2.97. The van der Waals surface area contributed by atoms with Gasteiger partial charge in [0.2, 0.25) is 0 Å². The van der Waals surface area contributed by atoms with Crippen molar-refractivity contribution in [3.8, 4) is 11.4 Å². The molecule has 1 aromatic heterocycles. The van der Waals surface area contributed by atoms with Gasteiger partial charge in [0.25, 0.3) is 5.92 Å². The molecule has 0 aliphatic heterocycles. The van der Waals surface area contributed by atoms with Gasteiger partial charge in [-0.3, -0.25) is 4.57 Å². The second kappa shape index (κ2) is 6.45. The van der Waals surface area contributed by atoms with E-state index in [2.05, 4.69) is 10.2 Å². The van der Waals surface area contributed by atoms with Gasteiger partial charge in [-0.2, -0.15) is 0 Å². The van der Waals surface area contributed by atoms with Gasteiger partial charge in [-0.05, 0) is 18.6 Å². The monoisotopic (exact) mass is 340 g/mol. The number of hydrogen-bond donors (Lipinski definition) is 1. The highest BCUT2D eigenvalue weighted by atomic mass is 32.2. The largest absolute Gasteiger partial charge is 0.497 e. The van der Waals surface area contributed by atoms with Crippen molar-refractivity contribution in [3.05, 3.63) is 30.1 Å². The third kappa shape index (κ3) is 3.48. The second-order valence-corrected chi connectivity index (χ2v) is 6.50. The summed E-state index contributed by atoms with van der Waals surface area (Å²) in [6.07, 6.45) is 0.477. The third-order valence-electron chi connectivity index (χ3n) is 3.85. The normalized spacial score (nSPS) is 18.9. The number of nitrogens with zero attached hydrogens (tertiary/aromatic N) is 3. The molecule has 3 rings (SSSR count). The Morgan fingerprint density at radius 2 is 2.22 bits per heavy atom. The van der Waals surface area contributed by atoms with Gasteiger partial charge < -0.3 is 10.5 Å². The number of ether oxygens (including phenoxy) is 1. The molecule has 0 saturated heterocycles. The Labute approximate surface area is 137 Å². The van der Waals surface area contributed by atoms with Gasteiger partial charge in [-0.25, -0.2) is 8.78 Å². The van der Waals surface area contributed by atoms with E-state index < -0.39 is 11.8 Å². The van der Waals surface area contributed by atoms with Gasteiger partial charge in [0.05, 0.1) is 19.3 Å². The van der Waals surface area contributed by atoms with Crippen LogP contribution in [0.15, 0.2) is 29.4 Å². The highest BCUT2D eigenvalue weighted by Crippen LogP contribution is 2.51. The lowest BCUT2D eigenvalue weighted by molar-refractivity contribution is 0.0983. The van der Waals surface area contributed by atoms with Gasteiger partial charge >= 0.3 is 0 Å². The van der Waals surface area contributed by atoms with E-state index in [-0.39, 0.29) is 13.0 Å². The molecule has 23 heavy (non-hydrogen) atoms. The molecule has 0 amide bonds. The Morgan fingerprint density at radius 3 is 2.87 bits per heavy atom. The minimum absolute atomic E-state index is 0.00415. The van der Waals surface area contributed by atoms with Crippen LogP contribution in [0.4, 0.5) is 8.78 Å². The minimum atomic E-state index is -2.47. The van der Waals surface area contributed by atoms with E-state index in [1.165, 1.54) is 11.8 Å². The van der Waals surface area contributed by atoms with Crippen LogP contribution in [0.2, 0.25) is 0 Å². The number of aromatic nitrogens is 3. The van der Waals surface area contributed by atoms with Crippen LogP contribution in [0, 0.1) is 5.92 Å². The Morgan fingerprint density at radius 1 is 1.43 bits per heavy atom. The molecule has 8 heteroatoms. The molecule has 1 unspecified atom stereocenters. The quantitative estimate of drug-likeness (QED) is 0.785. The van der Waals surface area contributed by atoms with Gasteiger partial charge in [0.1, 0.15) is 5.75 Å². The molecule has 2 N–H and O–H groups in total. The summed E-state index contributed by atoms with van der Waals surface area (Å²) in [7, 11) is 1.60. The summed E-state index contributed by atoms with van der Waals surface area (Å²) in [6.45, 7) is 0.242. The van der Waals surface area contributed by atoms with Crippen molar-refractivity contribution in [3.63, 3.8) is 0 Å². The lowest BCUT2D eigenvalue weighted by atomic mass is 10.3. The van der Waals surface area contributed by atoms with E-state index in [9.17, 15) is 8.78 Å². The molecule has 1 fully saturated rings. The molecule has 0 bridgehead atoms. The smallest absolute Gasteiger partial charge is 0.251 e. The van der Waals surface area contributed by atoms with Crippen LogP contribution in [-0.4, -0.2) is 33.5 Å². The number of nitrogens with two attached hydrogens (primary N) is 1. The summed E-state index contributed by atoms with van der Waals surface area (Å²) in [5.74, 6) is -1.04. The first-order valence-electron chi connectivity index (χ1n) is 7.34. The fourth-order valence-corrected chi connectivity index (χ4v) is 3.43. The zero-order chi connectivity index (χ0) is 16.4. The van der Waals surface area contributed by atoms with Crippen LogP contribution in [-0.2, 0) is 6.54 Å². The Balaban J connectivity index is 1.77. The van der Waals surface area contributed by atoms with E-state index in [4.69, 9.17) is 10.5 Å². The van der Waals surface area contributed by atoms with Crippen molar-refractivity contribution >= 4 is 11.8 Å². The molecule has 1 aromatic carbocycles. The SMILES string of the molecule is COc1cccc(-n2c(CN)nnc2SCCC2CC2(F)F)c1. The van der Waals surface area contributed by atoms with Gasteiger partial charge in [0, 0.05) is 24.2 Å². The summed E-state index contributed by atoms with van der Waals surface area (Å²) >= 11 is 1.42. The standard InChI is InChI=1S/C15H18F2N4OS/c1-22-12-4-2-3-11(7-12)21-13(9-18)19-20-14(21)23-6-5-10-8-15(10,16)17/h2-4,7,10H,5-6,8-9,18H2,1H3. The summed E-state index contributed by atoms with van der Waals surface area (Å²) in [5, 5.41) is 8.88. The Hall–Kier alpha value is -1.67. The molecule has 5 nitrogen and oxygen atoms in total. The van der Waals surface area contributed by atoms with Crippen LogP contribution < -0.4 is 10.5 Å². The van der Waals surface area contributed by atoms with E-state index in [1.54, 1.807) is 7.11 Å². The van der Waals surface area contributed by atoms with Crippen LogP contribution in [0.25, 0.3) is 5.69 Å². The Bertz CT molecular complexity index is 692. The van der Waals surface area contributed by atoms with Crippen LogP contribution >= 0.6 is 11.8 Å². The summed E-state index contributed by atoms with van der Waals surface area (Å²) < 4.78 is 33.0. The zero-order valence-electron chi connectivity index (χ0n) is 12.7. The lowest BCUT2D eigenvalue weighted by Gasteiger charge is -2.10. The number of methoxy groups -OCH3 is 1. The third-order valence-corrected chi connectivity index (χ3v) is 4.81. The summed E-state index contributed by atoms with van der Waals surface area (Å²) in [5.41, 5.74) is 6.57. The van der Waals surface area contributed by atoms with Crippen LogP contribution in [0.3, 0.4) is 0 Å². The number of halogens is 2. The molecule has 1 saturated carbocycles. The molecule has 1 atom stereocenters. The number of rotatable bonds is 7. The molecule has 0 spiro atoms. The van der Waals surface area contributed by atoms with Crippen molar-refractivity contribution in [2.24, 2.45) is 11.7 Å². The van der Waals surface area contributed by atoms with Gasteiger partial charge in [-0.1, -0.05) is 17.8 Å². The maximum atomic E-state index is 12.9. The van der Waals surface area contributed by atoms with Crippen molar-refractivity contribution in [1.82, 2.24) is 14.8 Å².